The zero-order valence-corrected chi connectivity index (χ0v) is 22.0. The molecule has 4 rings (SSSR count). The third kappa shape index (κ3) is 4.63. The van der Waals surface area contributed by atoms with Gasteiger partial charge in [0.1, 0.15) is 11.5 Å². The second kappa shape index (κ2) is 9.34. The van der Waals surface area contributed by atoms with E-state index in [1.807, 2.05) is 43.3 Å². The summed E-state index contributed by atoms with van der Waals surface area (Å²) in [6.07, 6.45) is 0. The maximum Gasteiger partial charge on any atom is 0.300 e. The number of nitrogens with zero attached hydrogens (tertiary/aromatic N) is 1. The van der Waals surface area contributed by atoms with Crippen LogP contribution in [-0.4, -0.2) is 23.9 Å². The number of ether oxygens (including phenoxy) is 1. The average Bonchev–Trinajstić information content (AvgIpc) is 3.10. The zero-order valence-electron chi connectivity index (χ0n) is 20.4. The van der Waals surface area contributed by atoms with Crippen LogP contribution in [0.15, 0.2) is 76.8 Å². The second-order valence-electron chi connectivity index (χ2n) is 9.71. The van der Waals surface area contributed by atoms with Gasteiger partial charge >= 0.3 is 0 Å². The van der Waals surface area contributed by atoms with Gasteiger partial charge in [-0.3, -0.25) is 14.5 Å². The Morgan fingerprint density at radius 2 is 1.69 bits per heavy atom. The van der Waals surface area contributed by atoms with Crippen molar-refractivity contribution in [1.29, 1.82) is 0 Å². The van der Waals surface area contributed by atoms with E-state index in [1.54, 1.807) is 37.4 Å². The van der Waals surface area contributed by atoms with Crippen molar-refractivity contribution in [1.82, 2.24) is 0 Å². The Hall–Kier alpha value is -3.38. The predicted molar refractivity (Wildman–Crippen MR) is 142 cm³/mol. The summed E-state index contributed by atoms with van der Waals surface area (Å²) >= 11 is 3.47. The van der Waals surface area contributed by atoms with Crippen LogP contribution in [0.4, 0.5) is 5.69 Å². The first-order valence-corrected chi connectivity index (χ1v) is 12.1. The highest BCUT2D eigenvalue weighted by Gasteiger charge is 2.47. The van der Waals surface area contributed by atoms with Crippen molar-refractivity contribution < 1.29 is 19.4 Å². The summed E-state index contributed by atoms with van der Waals surface area (Å²) in [5.74, 6) is -1.02. The van der Waals surface area contributed by atoms with Crippen molar-refractivity contribution in [3.8, 4) is 5.75 Å². The number of benzene rings is 3. The number of hydrogen-bond acceptors (Lipinski definition) is 4. The van der Waals surface area contributed by atoms with Crippen LogP contribution in [0.1, 0.15) is 49.1 Å². The monoisotopic (exact) mass is 533 g/mol. The lowest BCUT2D eigenvalue weighted by Crippen LogP contribution is -2.29. The fraction of sp³-hybridized carbons (Fsp3) is 0.241. The number of aliphatic hydroxyl groups excluding tert-OH is 1. The molecule has 1 amide bonds. The fourth-order valence-corrected chi connectivity index (χ4v) is 4.54. The van der Waals surface area contributed by atoms with E-state index < -0.39 is 17.7 Å². The number of methoxy groups -OCH3 is 1. The van der Waals surface area contributed by atoms with Gasteiger partial charge in [-0.1, -0.05) is 67.0 Å². The molecule has 0 spiro atoms. The molecule has 1 aliphatic heterocycles. The molecule has 5 nitrogen and oxygen atoms in total. The van der Waals surface area contributed by atoms with Crippen LogP contribution in [0.5, 0.6) is 5.75 Å². The first-order valence-electron chi connectivity index (χ1n) is 11.3. The highest BCUT2D eigenvalue weighted by molar-refractivity contribution is 9.10. The van der Waals surface area contributed by atoms with Gasteiger partial charge in [-0.2, -0.15) is 0 Å². The standard InChI is InChI=1S/C29H28BrNO4/c1-17-15-19(9-14-23(17)30)26(32)24-25(18-7-6-8-22(16-18)35-5)31(28(34)27(24)33)21-12-10-20(11-13-21)29(2,3)4/h6-16,25,32H,1-5H3/b26-24-. The van der Waals surface area contributed by atoms with Crippen molar-refractivity contribution in [2.24, 2.45) is 0 Å². The molecular weight excluding hydrogens is 506 g/mol. The molecule has 35 heavy (non-hydrogen) atoms. The Bertz CT molecular complexity index is 1340. The predicted octanol–water partition coefficient (Wildman–Crippen LogP) is 6.69. The van der Waals surface area contributed by atoms with Crippen molar-refractivity contribution in [2.45, 2.75) is 39.2 Å². The molecule has 6 heteroatoms. The van der Waals surface area contributed by atoms with Crippen LogP contribution in [-0.2, 0) is 15.0 Å². The quantitative estimate of drug-likeness (QED) is 0.230. The minimum atomic E-state index is -0.811. The smallest absolute Gasteiger partial charge is 0.300 e. The van der Waals surface area contributed by atoms with Gasteiger partial charge in [-0.15, -0.1) is 0 Å². The lowest BCUT2D eigenvalue weighted by Gasteiger charge is -2.27. The molecule has 1 fully saturated rings. The minimum Gasteiger partial charge on any atom is -0.507 e. The number of halogens is 1. The molecule has 1 atom stereocenters. The van der Waals surface area contributed by atoms with Gasteiger partial charge < -0.3 is 9.84 Å². The van der Waals surface area contributed by atoms with Crippen LogP contribution in [0, 0.1) is 6.92 Å². The summed E-state index contributed by atoms with van der Waals surface area (Å²) < 4.78 is 6.29. The Balaban J connectivity index is 1.93. The van der Waals surface area contributed by atoms with E-state index in [-0.39, 0.29) is 16.7 Å². The third-order valence-corrected chi connectivity index (χ3v) is 7.19. The lowest BCUT2D eigenvalue weighted by molar-refractivity contribution is -0.132. The van der Waals surface area contributed by atoms with Gasteiger partial charge in [-0.05, 0) is 65.4 Å². The van der Waals surface area contributed by atoms with Crippen LogP contribution in [0.2, 0.25) is 0 Å². The average molecular weight is 534 g/mol. The van der Waals surface area contributed by atoms with Crippen LogP contribution < -0.4 is 9.64 Å². The largest absolute Gasteiger partial charge is 0.507 e. The SMILES string of the molecule is COc1cccc(C2/C(=C(/O)c3ccc(Br)c(C)c3)C(=O)C(=O)N2c2ccc(C(C)(C)C)cc2)c1. The van der Waals surface area contributed by atoms with E-state index in [9.17, 15) is 14.7 Å². The Kier molecular flexibility index (Phi) is 6.60. The molecule has 1 saturated heterocycles. The highest BCUT2D eigenvalue weighted by Crippen LogP contribution is 2.43. The summed E-state index contributed by atoms with van der Waals surface area (Å²) in [6, 6.07) is 19.4. The zero-order chi connectivity index (χ0) is 25.5. The number of hydrogen-bond donors (Lipinski definition) is 1. The maximum atomic E-state index is 13.4. The number of anilines is 1. The van der Waals surface area contributed by atoms with Crippen LogP contribution in [0.25, 0.3) is 5.76 Å². The van der Waals surface area contributed by atoms with Gasteiger partial charge in [0.15, 0.2) is 0 Å². The first kappa shape index (κ1) is 24.7. The number of ketones is 1. The molecule has 1 aliphatic rings. The van der Waals surface area contributed by atoms with E-state index in [0.29, 0.717) is 22.6 Å². The van der Waals surface area contributed by atoms with Crippen molar-refractivity contribution in [2.75, 3.05) is 12.0 Å². The van der Waals surface area contributed by atoms with E-state index in [4.69, 9.17) is 4.74 Å². The van der Waals surface area contributed by atoms with E-state index in [0.717, 1.165) is 15.6 Å². The number of carbonyl (C=O) groups excluding carboxylic acids is 2. The molecule has 1 unspecified atom stereocenters. The number of aryl methyl sites for hydroxylation is 1. The van der Waals surface area contributed by atoms with Gasteiger partial charge in [0.05, 0.1) is 18.7 Å². The molecule has 180 valence electrons. The lowest BCUT2D eigenvalue weighted by atomic mass is 9.87. The molecule has 3 aromatic carbocycles. The number of Topliss-reactive ketones (excluding diaryl/α,β-unsaturated/α-hetero) is 1. The molecule has 0 saturated carbocycles. The van der Waals surface area contributed by atoms with E-state index in [2.05, 4.69) is 36.7 Å². The van der Waals surface area contributed by atoms with Crippen molar-refractivity contribution in [3.63, 3.8) is 0 Å². The van der Waals surface area contributed by atoms with E-state index >= 15 is 0 Å². The molecule has 0 aromatic heterocycles. The van der Waals surface area contributed by atoms with Gasteiger partial charge in [0.2, 0.25) is 0 Å². The van der Waals surface area contributed by atoms with Gasteiger partial charge in [-0.25, -0.2) is 0 Å². The van der Waals surface area contributed by atoms with Gasteiger partial charge in [0.25, 0.3) is 11.7 Å². The molecule has 1 heterocycles. The fourth-order valence-electron chi connectivity index (χ4n) is 4.30. The van der Waals surface area contributed by atoms with Crippen molar-refractivity contribution in [3.05, 3.63) is 99.0 Å². The summed E-state index contributed by atoms with van der Waals surface area (Å²) in [4.78, 5) is 28.2. The number of aliphatic hydroxyl groups is 1. The Morgan fingerprint density at radius 3 is 2.29 bits per heavy atom. The van der Waals surface area contributed by atoms with E-state index in [1.165, 1.54) is 4.90 Å². The Morgan fingerprint density at radius 1 is 1.00 bits per heavy atom. The molecule has 0 bridgehead atoms. The topological polar surface area (TPSA) is 66.8 Å². The molecule has 0 radical (unpaired) electrons. The Labute approximate surface area is 214 Å². The molecule has 3 aromatic rings. The normalized spacial score (nSPS) is 17.7. The second-order valence-corrected chi connectivity index (χ2v) is 10.6. The molecule has 1 N–H and O–H groups in total. The summed E-state index contributed by atoms with van der Waals surface area (Å²) in [7, 11) is 1.56. The maximum absolute atomic E-state index is 13.4. The molecular formula is C29H28BrNO4. The highest BCUT2D eigenvalue weighted by atomic mass is 79.9. The summed E-state index contributed by atoms with van der Waals surface area (Å²) in [5, 5.41) is 11.3. The van der Waals surface area contributed by atoms with Crippen molar-refractivity contribution >= 4 is 39.1 Å². The third-order valence-electron chi connectivity index (χ3n) is 6.30. The number of carbonyl (C=O) groups is 2. The number of amides is 1. The minimum absolute atomic E-state index is 0.0462. The molecule has 0 aliphatic carbocycles. The van der Waals surface area contributed by atoms with Crippen LogP contribution in [0.3, 0.4) is 0 Å². The van der Waals surface area contributed by atoms with Crippen LogP contribution >= 0.6 is 15.9 Å². The summed E-state index contributed by atoms with van der Waals surface area (Å²) in [6.45, 7) is 8.25. The van der Waals surface area contributed by atoms with Gasteiger partial charge in [0, 0.05) is 15.7 Å². The summed E-state index contributed by atoms with van der Waals surface area (Å²) in [5.41, 5.74) is 3.72. The first-order chi connectivity index (χ1) is 16.5. The number of rotatable bonds is 4.